The molecule has 4 nitrogen and oxygen atoms in total. The molecule has 0 radical (unpaired) electrons. The van der Waals surface area contributed by atoms with Gasteiger partial charge >= 0.3 is 0 Å². The summed E-state index contributed by atoms with van der Waals surface area (Å²) in [5.41, 5.74) is 8.90. The minimum Gasteiger partial charge on any atom is -0.385 e. The molecule has 24 heavy (non-hydrogen) atoms. The normalized spacial score (nSPS) is 14.3. The zero-order chi connectivity index (χ0) is 16.3. The number of thiazole rings is 1. The van der Waals surface area contributed by atoms with E-state index in [1.54, 1.807) is 11.3 Å². The van der Waals surface area contributed by atoms with Crippen molar-refractivity contribution in [2.75, 3.05) is 5.73 Å². The van der Waals surface area contributed by atoms with Crippen LogP contribution in [0.4, 0.5) is 5.82 Å². The third kappa shape index (κ3) is 1.96. The molecule has 3 aromatic heterocycles. The quantitative estimate of drug-likeness (QED) is 0.535. The van der Waals surface area contributed by atoms with Crippen LogP contribution in [0.1, 0.15) is 23.3 Å². The lowest BCUT2D eigenvalue weighted by Gasteiger charge is -2.10. The minimum atomic E-state index is 0.0275. The van der Waals surface area contributed by atoms with Gasteiger partial charge < -0.3 is 10.7 Å². The largest absolute Gasteiger partial charge is 0.385 e. The van der Waals surface area contributed by atoms with Gasteiger partial charge in [0.2, 0.25) is 5.43 Å². The maximum atomic E-state index is 13.2. The second-order valence-electron chi connectivity index (χ2n) is 6.14. The number of aryl methyl sites for hydroxylation is 2. The molecule has 0 atom stereocenters. The van der Waals surface area contributed by atoms with Crippen LogP contribution in [-0.4, -0.2) is 9.97 Å². The summed E-state index contributed by atoms with van der Waals surface area (Å²) in [7, 11) is 0. The highest BCUT2D eigenvalue weighted by Crippen LogP contribution is 2.37. The van der Waals surface area contributed by atoms with Crippen LogP contribution in [-0.2, 0) is 12.8 Å². The molecule has 120 valence electrons. The van der Waals surface area contributed by atoms with Crippen LogP contribution in [0, 0.1) is 0 Å². The molecule has 3 heterocycles. The summed E-state index contributed by atoms with van der Waals surface area (Å²) in [5.74, 6) is 0.421. The van der Waals surface area contributed by atoms with Crippen molar-refractivity contribution < 1.29 is 0 Å². The van der Waals surface area contributed by atoms with Crippen LogP contribution < -0.4 is 11.2 Å². The number of nitrogen functional groups attached to an aromatic ring is 1. The first kappa shape index (κ1) is 14.2. The molecule has 0 aliphatic heterocycles. The highest BCUT2D eigenvalue weighted by Gasteiger charge is 2.23. The Hall–Kier alpha value is -2.18. The monoisotopic (exact) mass is 353 g/mol. The van der Waals surface area contributed by atoms with Crippen molar-refractivity contribution >= 4 is 48.9 Å². The van der Waals surface area contributed by atoms with Crippen LogP contribution >= 0.6 is 22.7 Å². The summed E-state index contributed by atoms with van der Waals surface area (Å²) in [6.45, 7) is 0. The van der Waals surface area contributed by atoms with Crippen LogP contribution in [0.3, 0.4) is 0 Å². The number of nitrogens with two attached hydrogens (primary N) is 1. The number of hydrogen-bond acceptors (Lipinski definition) is 5. The summed E-state index contributed by atoms with van der Waals surface area (Å²) in [6.07, 6.45) is 4.41. The zero-order valence-electron chi connectivity index (χ0n) is 12.9. The van der Waals surface area contributed by atoms with E-state index in [1.165, 1.54) is 28.2 Å². The van der Waals surface area contributed by atoms with Gasteiger partial charge in [0.05, 0.1) is 21.2 Å². The average Bonchev–Trinajstić information content (AvgIpc) is 3.15. The van der Waals surface area contributed by atoms with E-state index in [-0.39, 0.29) is 5.43 Å². The zero-order valence-corrected chi connectivity index (χ0v) is 14.5. The number of H-pyrrole nitrogens is 1. The third-order valence-electron chi connectivity index (χ3n) is 4.65. The van der Waals surface area contributed by atoms with Gasteiger partial charge in [0.1, 0.15) is 15.7 Å². The molecule has 1 aromatic carbocycles. The molecule has 0 bridgehead atoms. The van der Waals surface area contributed by atoms with Gasteiger partial charge in [0.25, 0.3) is 0 Å². The minimum absolute atomic E-state index is 0.0275. The number of aromatic amines is 1. The summed E-state index contributed by atoms with van der Waals surface area (Å²) < 4.78 is 1.07. The van der Waals surface area contributed by atoms with Gasteiger partial charge in [-0.25, -0.2) is 4.98 Å². The van der Waals surface area contributed by atoms with Crippen molar-refractivity contribution in [2.24, 2.45) is 0 Å². The standard InChI is InChI=1S/C18H15N3OS2/c19-16-14(18-20-10-6-2-4-8-12(10)24-18)15(22)13-9-5-1-3-7-11(9)23-17(13)21-16/h2,4,6,8H,1,3,5,7H2,(H3,19,21,22). The lowest BCUT2D eigenvalue weighted by molar-refractivity contribution is 0.700. The van der Waals surface area contributed by atoms with Gasteiger partial charge in [0.15, 0.2) is 0 Å². The molecule has 3 N–H and O–H groups in total. The van der Waals surface area contributed by atoms with Gasteiger partial charge in [0, 0.05) is 4.88 Å². The maximum Gasteiger partial charge on any atom is 0.202 e. The maximum absolute atomic E-state index is 13.2. The third-order valence-corrected chi connectivity index (χ3v) is 6.91. The topological polar surface area (TPSA) is 71.8 Å². The van der Waals surface area contributed by atoms with E-state index in [0.29, 0.717) is 16.4 Å². The van der Waals surface area contributed by atoms with Crippen molar-refractivity contribution in [3.05, 3.63) is 44.9 Å². The molecule has 0 saturated heterocycles. The number of benzene rings is 1. The van der Waals surface area contributed by atoms with E-state index < -0.39 is 0 Å². The Balaban J connectivity index is 1.83. The second kappa shape index (κ2) is 5.16. The van der Waals surface area contributed by atoms with Gasteiger partial charge in [-0.05, 0) is 43.4 Å². The Morgan fingerprint density at radius 1 is 1.12 bits per heavy atom. The number of fused-ring (bicyclic) bond motifs is 4. The predicted molar refractivity (Wildman–Crippen MR) is 102 cm³/mol. The fraction of sp³-hybridized carbons (Fsp3) is 0.222. The van der Waals surface area contributed by atoms with Crippen molar-refractivity contribution in [3.8, 4) is 10.6 Å². The number of aromatic nitrogens is 2. The predicted octanol–water partition coefficient (Wildman–Crippen LogP) is 4.33. The molecule has 6 heteroatoms. The molecule has 0 spiro atoms. The van der Waals surface area contributed by atoms with Crippen molar-refractivity contribution in [1.29, 1.82) is 0 Å². The summed E-state index contributed by atoms with van der Waals surface area (Å²) in [5, 5.41) is 1.53. The number of hydrogen-bond donors (Lipinski definition) is 2. The number of nitrogens with zero attached hydrogens (tertiary/aromatic N) is 1. The van der Waals surface area contributed by atoms with Gasteiger partial charge in [-0.2, -0.15) is 0 Å². The number of rotatable bonds is 1. The molecule has 0 unspecified atom stereocenters. The summed E-state index contributed by atoms with van der Waals surface area (Å²) in [4.78, 5) is 23.4. The van der Waals surface area contributed by atoms with Crippen LogP contribution in [0.25, 0.3) is 31.0 Å². The molecule has 4 aromatic rings. The first-order valence-electron chi connectivity index (χ1n) is 8.04. The fourth-order valence-electron chi connectivity index (χ4n) is 3.52. The number of para-hydroxylation sites is 1. The summed E-state index contributed by atoms with van der Waals surface area (Å²) in [6, 6.07) is 7.92. The average molecular weight is 353 g/mol. The Kier molecular flexibility index (Phi) is 3.05. The van der Waals surface area contributed by atoms with Crippen molar-refractivity contribution in [3.63, 3.8) is 0 Å². The Bertz CT molecular complexity index is 1120. The fourth-order valence-corrected chi connectivity index (χ4v) is 5.84. The molecule has 0 saturated carbocycles. The lowest BCUT2D eigenvalue weighted by atomic mass is 9.96. The molecular weight excluding hydrogens is 338 g/mol. The number of thiophene rings is 1. The SMILES string of the molecule is Nc1[nH]c2sc3c(c2c(=O)c1-c1nc2ccccc2s1)CCCC3. The highest BCUT2D eigenvalue weighted by molar-refractivity contribution is 7.21. The molecule has 1 aliphatic rings. The number of nitrogens with one attached hydrogen (secondary N) is 1. The van der Waals surface area contributed by atoms with Gasteiger partial charge in [-0.1, -0.05) is 12.1 Å². The van der Waals surface area contributed by atoms with Gasteiger partial charge in [-0.15, -0.1) is 22.7 Å². The van der Waals surface area contributed by atoms with Crippen LogP contribution in [0.15, 0.2) is 29.1 Å². The van der Waals surface area contributed by atoms with E-state index in [4.69, 9.17) is 5.73 Å². The number of anilines is 1. The Labute approximate surface area is 146 Å². The summed E-state index contributed by atoms with van der Waals surface area (Å²) >= 11 is 3.20. The van der Waals surface area contributed by atoms with E-state index in [2.05, 4.69) is 9.97 Å². The second-order valence-corrected chi connectivity index (χ2v) is 8.28. The van der Waals surface area contributed by atoms with E-state index in [0.717, 1.165) is 39.7 Å². The van der Waals surface area contributed by atoms with E-state index in [1.807, 2.05) is 24.3 Å². The van der Waals surface area contributed by atoms with E-state index in [9.17, 15) is 4.79 Å². The molecule has 5 rings (SSSR count). The molecule has 0 fully saturated rings. The van der Waals surface area contributed by atoms with Crippen LogP contribution in [0.2, 0.25) is 0 Å². The number of pyridine rings is 1. The molecule has 1 aliphatic carbocycles. The van der Waals surface area contributed by atoms with Crippen molar-refractivity contribution in [1.82, 2.24) is 9.97 Å². The van der Waals surface area contributed by atoms with Crippen LogP contribution in [0.5, 0.6) is 0 Å². The smallest absolute Gasteiger partial charge is 0.202 e. The first-order valence-corrected chi connectivity index (χ1v) is 9.67. The van der Waals surface area contributed by atoms with Crippen molar-refractivity contribution in [2.45, 2.75) is 25.7 Å². The molecule has 0 amide bonds. The van der Waals surface area contributed by atoms with Gasteiger partial charge in [-0.3, -0.25) is 4.79 Å². The molecular formula is C18H15N3OS2. The Morgan fingerprint density at radius 2 is 1.96 bits per heavy atom. The lowest BCUT2D eigenvalue weighted by Crippen LogP contribution is -2.12. The first-order chi connectivity index (χ1) is 11.7. The van der Waals surface area contributed by atoms with E-state index >= 15 is 0 Å². The Morgan fingerprint density at radius 3 is 2.83 bits per heavy atom. The highest BCUT2D eigenvalue weighted by atomic mass is 32.1.